The second-order valence-corrected chi connectivity index (χ2v) is 5.87. The number of hydrogen-bond donors (Lipinski definition) is 1. The van der Waals surface area contributed by atoms with E-state index in [2.05, 4.69) is 10.3 Å². The number of pyridine rings is 1. The fourth-order valence-corrected chi connectivity index (χ4v) is 2.46. The van der Waals surface area contributed by atoms with Crippen molar-refractivity contribution in [3.05, 3.63) is 64.0 Å². The van der Waals surface area contributed by atoms with Crippen molar-refractivity contribution in [2.24, 2.45) is 0 Å². The van der Waals surface area contributed by atoms with Gasteiger partial charge in [0.15, 0.2) is 0 Å². The van der Waals surface area contributed by atoms with Crippen molar-refractivity contribution < 1.29 is 4.79 Å². The number of halogens is 2. The number of nitrogens with one attached hydrogen (secondary N) is 1. The molecule has 0 spiro atoms. The van der Waals surface area contributed by atoms with Crippen LogP contribution in [0.3, 0.4) is 0 Å². The van der Waals surface area contributed by atoms with Gasteiger partial charge < -0.3 is 9.72 Å². The number of imidazole rings is 1. The summed E-state index contributed by atoms with van der Waals surface area (Å²) >= 11 is 11.8. The number of nitrogens with zero attached hydrogens (tertiary/aromatic N) is 2. The number of hydrogen-bond acceptors (Lipinski definition) is 2. The highest BCUT2D eigenvalue weighted by Gasteiger charge is 2.09. The number of benzene rings is 1. The molecule has 4 nitrogen and oxygen atoms in total. The number of fused-ring (bicyclic) bond motifs is 1. The number of aryl methyl sites for hydroxylation is 1. The van der Waals surface area contributed by atoms with E-state index in [1.54, 1.807) is 18.2 Å². The van der Waals surface area contributed by atoms with Gasteiger partial charge in [-0.15, -0.1) is 0 Å². The first-order valence-corrected chi connectivity index (χ1v) is 7.46. The smallest absolute Gasteiger partial charge is 0.230 e. The van der Waals surface area contributed by atoms with E-state index in [0.29, 0.717) is 21.4 Å². The van der Waals surface area contributed by atoms with Crippen molar-refractivity contribution in [2.45, 2.75) is 13.3 Å². The molecule has 0 bridgehead atoms. The van der Waals surface area contributed by atoms with E-state index < -0.39 is 0 Å². The molecule has 6 heteroatoms. The lowest BCUT2D eigenvalue weighted by Gasteiger charge is -2.05. The molecule has 112 valence electrons. The van der Waals surface area contributed by atoms with Crippen LogP contribution < -0.4 is 5.32 Å². The van der Waals surface area contributed by atoms with Crippen molar-refractivity contribution in [1.82, 2.24) is 9.38 Å². The molecule has 2 aromatic heterocycles. The first-order chi connectivity index (χ1) is 10.5. The zero-order chi connectivity index (χ0) is 15.7. The van der Waals surface area contributed by atoms with E-state index in [1.807, 2.05) is 35.9 Å². The monoisotopic (exact) mass is 333 g/mol. The van der Waals surface area contributed by atoms with Crippen molar-refractivity contribution in [3.8, 4) is 0 Å². The van der Waals surface area contributed by atoms with Gasteiger partial charge in [-0.1, -0.05) is 23.2 Å². The van der Waals surface area contributed by atoms with Crippen molar-refractivity contribution in [3.63, 3.8) is 0 Å². The number of carbonyl (C=O) groups excluding carboxylic acids is 1. The lowest BCUT2D eigenvalue weighted by molar-refractivity contribution is -0.115. The summed E-state index contributed by atoms with van der Waals surface area (Å²) in [5.74, 6) is -0.154. The summed E-state index contributed by atoms with van der Waals surface area (Å²) in [4.78, 5) is 16.5. The van der Waals surface area contributed by atoms with Gasteiger partial charge in [-0.2, -0.15) is 0 Å². The third-order valence-electron chi connectivity index (χ3n) is 3.21. The van der Waals surface area contributed by atoms with E-state index in [1.165, 1.54) is 0 Å². The molecule has 3 aromatic rings. The minimum atomic E-state index is -0.154. The van der Waals surface area contributed by atoms with Crippen molar-refractivity contribution >= 4 is 40.4 Å². The van der Waals surface area contributed by atoms with Gasteiger partial charge in [0.2, 0.25) is 5.91 Å². The molecule has 0 radical (unpaired) electrons. The van der Waals surface area contributed by atoms with Crippen LogP contribution in [0.2, 0.25) is 10.0 Å². The minimum absolute atomic E-state index is 0.154. The lowest BCUT2D eigenvalue weighted by atomic mass is 10.3. The molecule has 1 aromatic carbocycles. The average Bonchev–Trinajstić information content (AvgIpc) is 2.84. The standard InChI is InChI=1S/C16H13Cl2N3O/c1-10-4-5-21-9-12(19-15(21)6-10)8-16(22)20-11-2-3-13(17)14(18)7-11/h2-7,9H,8H2,1H3,(H,20,22). The average molecular weight is 334 g/mol. The Hall–Kier alpha value is -2.04. The van der Waals surface area contributed by atoms with Gasteiger partial charge in [0, 0.05) is 18.1 Å². The second kappa shape index (κ2) is 5.99. The predicted molar refractivity (Wildman–Crippen MR) is 88.7 cm³/mol. The van der Waals surface area contributed by atoms with E-state index in [0.717, 1.165) is 11.2 Å². The van der Waals surface area contributed by atoms with Gasteiger partial charge in [-0.3, -0.25) is 4.79 Å². The van der Waals surface area contributed by atoms with Gasteiger partial charge in [-0.05, 0) is 42.8 Å². The van der Waals surface area contributed by atoms with Crippen LogP contribution in [0, 0.1) is 6.92 Å². The van der Waals surface area contributed by atoms with Gasteiger partial charge in [0.05, 0.1) is 22.2 Å². The summed E-state index contributed by atoms with van der Waals surface area (Å²) in [7, 11) is 0. The maximum atomic E-state index is 12.1. The summed E-state index contributed by atoms with van der Waals surface area (Å²) in [5, 5.41) is 3.64. The molecule has 0 unspecified atom stereocenters. The molecule has 3 rings (SSSR count). The third kappa shape index (κ3) is 3.24. The molecule has 2 heterocycles. The SMILES string of the molecule is Cc1ccn2cc(CC(=O)Nc3ccc(Cl)c(Cl)c3)nc2c1. The Bertz CT molecular complexity index is 858. The van der Waals surface area contributed by atoms with Crippen LogP contribution in [0.4, 0.5) is 5.69 Å². The van der Waals surface area contributed by atoms with Gasteiger partial charge in [0.25, 0.3) is 0 Å². The normalized spacial score (nSPS) is 10.9. The predicted octanol–water partition coefficient (Wildman–Crippen LogP) is 4.13. The molecular weight excluding hydrogens is 321 g/mol. The molecule has 0 atom stereocenters. The van der Waals surface area contributed by atoms with Gasteiger partial charge in [-0.25, -0.2) is 4.98 Å². The molecule has 22 heavy (non-hydrogen) atoms. The molecule has 0 aliphatic rings. The third-order valence-corrected chi connectivity index (χ3v) is 3.95. The summed E-state index contributed by atoms with van der Waals surface area (Å²) in [6.45, 7) is 2.01. The molecular formula is C16H13Cl2N3O. The van der Waals surface area contributed by atoms with Crippen molar-refractivity contribution in [1.29, 1.82) is 0 Å². The number of carbonyl (C=O) groups is 1. The van der Waals surface area contributed by atoms with Crippen LogP contribution in [0.15, 0.2) is 42.7 Å². The minimum Gasteiger partial charge on any atom is -0.326 e. The number of rotatable bonds is 3. The number of anilines is 1. The van der Waals surface area contributed by atoms with Crippen LogP contribution in [0.25, 0.3) is 5.65 Å². The zero-order valence-corrected chi connectivity index (χ0v) is 13.3. The Balaban J connectivity index is 1.73. The van der Waals surface area contributed by atoms with Crippen molar-refractivity contribution in [2.75, 3.05) is 5.32 Å². The van der Waals surface area contributed by atoms with Gasteiger partial charge in [0.1, 0.15) is 5.65 Å². The first kappa shape index (κ1) is 14.9. The summed E-state index contributed by atoms with van der Waals surface area (Å²) in [6.07, 6.45) is 3.97. The second-order valence-electron chi connectivity index (χ2n) is 5.06. The number of aromatic nitrogens is 2. The quantitative estimate of drug-likeness (QED) is 0.783. The molecule has 0 aliphatic heterocycles. The van der Waals surface area contributed by atoms with Gasteiger partial charge >= 0.3 is 0 Å². The van der Waals surface area contributed by atoms with E-state index in [-0.39, 0.29) is 12.3 Å². The van der Waals surface area contributed by atoms with E-state index in [9.17, 15) is 4.79 Å². The summed E-state index contributed by atoms with van der Waals surface area (Å²) in [6, 6.07) is 8.94. The Morgan fingerprint density at radius 2 is 2.05 bits per heavy atom. The Kier molecular flexibility index (Phi) is 4.05. The fourth-order valence-electron chi connectivity index (χ4n) is 2.16. The summed E-state index contributed by atoms with van der Waals surface area (Å²) < 4.78 is 1.90. The Labute approximate surface area is 137 Å². The highest BCUT2D eigenvalue weighted by Crippen LogP contribution is 2.25. The highest BCUT2D eigenvalue weighted by molar-refractivity contribution is 6.42. The first-order valence-electron chi connectivity index (χ1n) is 6.70. The van der Waals surface area contributed by atoms with Crippen LogP contribution in [0.1, 0.15) is 11.3 Å². The Morgan fingerprint density at radius 3 is 2.82 bits per heavy atom. The Morgan fingerprint density at radius 1 is 1.23 bits per heavy atom. The molecule has 0 saturated heterocycles. The molecule has 1 amide bonds. The topological polar surface area (TPSA) is 46.4 Å². The highest BCUT2D eigenvalue weighted by atomic mass is 35.5. The van der Waals surface area contributed by atoms with Crippen LogP contribution >= 0.6 is 23.2 Å². The molecule has 0 aliphatic carbocycles. The van der Waals surface area contributed by atoms with Crippen LogP contribution in [-0.2, 0) is 11.2 Å². The largest absolute Gasteiger partial charge is 0.326 e. The van der Waals surface area contributed by atoms with Crippen LogP contribution in [0.5, 0.6) is 0 Å². The van der Waals surface area contributed by atoms with E-state index >= 15 is 0 Å². The zero-order valence-electron chi connectivity index (χ0n) is 11.8. The lowest BCUT2D eigenvalue weighted by Crippen LogP contribution is -2.14. The molecule has 0 fully saturated rings. The van der Waals surface area contributed by atoms with Crippen LogP contribution in [-0.4, -0.2) is 15.3 Å². The maximum Gasteiger partial charge on any atom is 0.230 e. The maximum absolute atomic E-state index is 12.1. The molecule has 1 N–H and O–H groups in total. The fraction of sp³-hybridized carbons (Fsp3) is 0.125. The van der Waals surface area contributed by atoms with E-state index in [4.69, 9.17) is 23.2 Å². The molecule has 0 saturated carbocycles. The number of amides is 1. The summed E-state index contributed by atoms with van der Waals surface area (Å²) in [5.41, 5.74) is 3.28.